The van der Waals surface area contributed by atoms with Gasteiger partial charge in [0.05, 0.1) is 5.56 Å². The highest BCUT2D eigenvalue weighted by molar-refractivity contribution is 9.10. The molecule has 3 rings (SSSR count). The summed E-state index contributed by atoms with van der Waals surface area (Å²) >= 11 is 3.34. The fourth-order valence-electron chi connectivity index (χ4n) is 3.19. The lowest BCUT2D eigenvalue weighted by Gasteiger charge is -2.34. The topological polar surface area (TPSA) is 104 Å². The molecule has 0 aromatic carbocycles. The third-order valence-corrected chi connectivity index (χ3v) is 5.58. The molecule has 1 aliphatic rings. The first-order valence-electron chi connectivity index (χ1n) is 8.85. The van der Waals surface area contributed by atoms with Crippen LogP contribution in [-0.2, 0) is 6.18 Å². The Morgan fingerprint density at radius 3 is 2.48 bits per heavy atom. The maximum absolute atomic E-state index is 13.0. The van der Waals surface area contributed by atoms with Crippen molar-refractivity contribution in [1.29, 1.82) is 0 Å². The Morgan fingerprint density at radius 1 is 1.31 bits per heavy atom. The minimum absolute atomic E-state index is 0.0628. The van der Waals surface area contributed by atoms with E-state index in [0.29, 0.717) is 31.6 Å². The highest BCUT2D eigenvalue weighted by Gasteiger charge is 2.34. The maximum Gasteiger partial charge on any atom is 0.433 e. The Labute approximate surface area is 173 Å². The second kappa shape index (κ2) is 8.05. The van der Waals surface area contributed by atoms with Crippen molar-refractivity contribution in [3.63, 3.8) is 0 Å². The van der Waals surface area contributed by atoms with Crippen molar-refractivity contribution >= 4 is 33.6 Å². The number of rotatable bonds is 4. The number of piperidine rings is 1. The van der Waals surface area contributed by atoms with Crippen LogP contribution in [0.4, 0.5) is 19.0 Å². The Kier molecular flexibility index (Phi) is 5.87. The molecule has 0 unspecified atom stereocenters. The molecule has 0 bridgehead atoms. The number of aromatic amines is 1. The monoisotopic (exact) mass is 473 g/mol. The quantitative estimate of drug-likeness (QED) is 0.634. The van der Waals surface area contributed by atoms with Gasteiger partial charge in [0.15, 0.2) is 0 Å². The number of H-pyrrole nitrogens is 1. The summed E-state index contributed by atoms with van der Waals surface area (Å²) in [7, 11) is 0. The highest BCUT2D eigenvalue weighted by Crippen LogP contribution is 2.31. The molecule has 11 heteroatoms. The standard InChI is InChI=1S/C18H19BrF3N5O2/c1-9-12(19)8-13(24-9)17(29)25-10-4-6-27(7-5-10)16-11(15(23)28)2-3-14(26-16)18(20,21)22/h2-3,8,10,24H,4-7H2,1H3,(H2,23,28)(H,25,29). The number of aryl methyl sites for hydroxylation is 1. The second-order valence-electron chi connectivity index (χ2n) is 6.82. The zero-order chi connectivity index (χ0) is 21.3. The zero-order valence-corrected chi connectivity index (χ0v) is 17.0. The first-order chi connectivity index (χ1) is 13.6. The van der Waals surface area contributed by atoms with E-state index in [1.807, 2.05) is 6.92 Å². The average molecular weight is 474 g/mol. The minimum Gasteiger partial charge on any atom is -0.365 e. The number of alkyl halides is 3. The molecule has 3 heterocycles. The van der Waals surface area contributed by atoms with Gasteiger partial charge in [-0.2, -0.15) is 13.2 Å². The predicted octanol–water partition coefficient (Wildman–Crippen LogP) is 3.00. The van der Waals surface area contributed by atoms with E-state index in [2.05, 4.69) is 31.2 Å². The first kappa shape index (κ1) is 21.2. The summed E-state index contributed by atoms with van der Waals surface area (Å²) in [6, 6.07) is 3.33. The number of nitrogens with two attached hydrogens (primary N) is 1. The van der Waals surface area contributed by atoms with Crippen molar-refractivity contribution in [1.82, 2.24) is 15.3 Å². The maximum atomic E-state index is 13.0. The van der Waals surface area contributed by atoms with E-state index in [1.165, 1.54) is 0 Å². The number of anilines is 1. The van der Waals surface area contributed by atoms with Crippen LogP contribution in [0.1, 0.15) is 45.1 Å². The summed E-state index contributed by atoms with van der Waals surface area (Å²) in [6.45, 7) is 2.48. The van der Waals surface area contributed by atoms with E-state index < -0.39 is 17.8 Å². The molecule has 2 aromatic rings. The van der Waals surface area contributed by atoms with E-state index in [0.717, 1.165) is 22.3 Å². The Hall–Kier alpha value is -2.56. The van der Waals surface area contributed by atoms with Gasteiger partial charge in [-0.15, -0.1) is 0 Å². The number of hydrogen-bond acceptors (Lipinski definition) is 4. The third kappa shape index (κ3) is 4.72. The normalized spacial score (nSPS) is 15.4. The van der Waals surface area contributed by atoms with Crippen LogP contribution in [0.5, 0.6) is 0 Å². The molecule has 2 aromatic heterocycles. The largest absolute Gasteiger partial charge is 0.433 e. The van der Waals surface area contributed by atoms with Gasteiger partial charge in [0, 0.05) is 29.3 Å². The van der Waals surface area contributed by atoms with Crippen molar-refractivity contribution in [3.8, 4) is 0 Å². The van der Waals surface area contributed by atoms with Crippen molar-refractivity contribution in [2.45, 2.75) is 32.0 Å². The fourth-order valence-corrected chi connectivity index (χ4v) is 3.52. The molecule has 156 valence electrons. The number of aromatic nitrogens is 2. The molecule has 0 atom stereocenters. The summed E-state index contributed by atoms with van der Waals surface area (Å²) < 4.78 is 39.8. The molecule has 29 heavy (non-hydrogen) atoms. The van der Waals surface area contributed by atoms with Crippen LogP contribution in [0.2, 0.25) is 0 Å². The van der Waals surface area contributed by atoms with Crippen molar-refractivity contribution < 1.29 is 22.8 Å². The number of hydrogen-bond donors (Lipinski definition) is 3. The van der Waals surface area contributed by atoms with Gasteiger partial charge >= 0.3 is 6.18 Å². The Bertz CT molecular complexity index is 917. The minimum atomic E-state index is -4.63. The van der Waals surface area contributed by atoms with Crippen LogP contribution >= 0.6 is 15.9 Å². The lowest BCUT2D eigenvalue weighted by atomic mass is 10.0. The lowest BCUT2D eigenvalue weighted by molar-refractivity contribution is -0.141. The van der Waals surface area contributed by atoms with Crippen LogP contribution in [-0.4, -0.2) is 40.9 Å². The van der Waals surface area contributed by atoms with E-state index in [-0.39, 0.29) is 23.3 Å². The molecule has 1 aliphatic heterocycles. The molecule has 0 aliphatic carbocycles. The van der Waals surface area contributed by atoms with Gasteiger partial charge in [-0.1, -0.05) is 0 Å². The molecule has 0 spiro atoms. The number of nitrogens with zero attached hydrogens (tertiary/aromatic N) is 2. The van der Waals surface area contributed by atoms with Crippen LogP contribution in [0, 0.1) is 6.92 Å². The molecular weight excluding hydrogens is 455 g/mol. The fraction of sp³-hybridized carbons (Fsp3) is 0.389. The van der Waals surface area contributed by atoms with E-state index in [4.69, 9.17) is 5.73 Å². The Morgan fingerprint density at radius 2 is 1.97 bits per heavy atom. The van der Waals surface area contributed by atoms with E-state index in [9.17, 15) is 22.8 Å². The van der Waals surface area contributed by atoms with E-state index >= 15 is 0 Å². The molecule has 7 nitrogen and oxygen atoms in total. The van der Waals surface area contributed by atoms with Crippen molar-refractivity contribution in [3.05, 3.63) is 45.3 Å². The van der Waals surface area contributed by atoms with Crippen LogP contribution in [0.25, 0.3) is 0 Å². The first-order valence-corrected chi connectivity index (χ1v) is 9.64. The van der Waals surface area contributed by atoms with Crippen molar-refractivity contribution in [2.75, 3.05) is 18.0 Å². The number of primary amides is 1. The second-order valence-corrected chi connectivity index (χ2v) is 7.67. The van der Waals surface area contributed by atoms with Crippen LogP contribution in [0.15, 0.2) is 22.7 Å². The Balaban J connectivity index is 1.70. The molecule has 0 saturated carbocycles. The van der Waals surface area contributed by atoms with Gasteiger partial charge < -0.3 is 20.9 Å². The van der Waals surface area contributed by atoms with Gasteiger partial charge in [-0.05, 0) is 53.9 Å². The summed E-state index contributed by atoms with van der Waals surface area (Å²) in [5, 5.41) is 2.91. The van der Waals surface area contributed by atoms with Gasteiger partial charge in [0.25, 0.3) is 11.8 Å². The SMILES string of the molecule is Cc1[nH]c(C(=O)NC2CCN(c3nc(C(F)(F)F)ccc3C(N)=O)CC2)cc1Br. The van der Waals surface area contributed by atoms with Crippen molar-refractivity contribution in [2.24, 2.45) is 5.73 Å². The zero-order valence-electron chi connectivity index (χ0n) is 15.4. The summed E-state index contributed by atoms with van der Waals surface area (Å²) in [5.41, 5.74) is 5.41. The number of halogens is 4. The summed E-state index contributed by atoms with van der Waals surface area (Å²) in [6.07, 6.45) is -3.65. The molecular formula is C18H19BrF3N5O2. The number of carbonyl (C=O) groups excluding carboxylic acids is 2. The number of carbonyl (C=O) groups is 2. The summed E-state index contributed by atoms with van der Waals surface area (Å²) in [5.74, 6) is -1.18. The molecule has 4 N–H and O–H groups in total. The summed E-state index contributed by atoms with van der Waals surface area (Å²) in [4.78, 5) is 32.2. The molecule has 1 saturated heterocycles. The molecule has 2 amide bonds. The smallest absolute Gasteiger partial charge is 0.365 e. The number of pyridine rings is 1. The van der Waals surface area contributed by atoms with E-state index in [1.54, 1.807) is 11.0 Å². The number of nitrogens with one attached hydrogen (secondary N) is 2. The third-order valence-electron chi connectivity index (χ3n) is 4.76. The number of amides is 2. The van der Waals surface area contributed by atoms with Gasteiger partial charge in [-0.25, -0.2) is 4.98 Å². The average Bonchev–Trinajstić information content (AvgIpc) is 3.00. The molecule has 1 fully saturated rings. The van der Waals surface area contributed by atoms with Crippen LogP contribution < -0.4 is 16.0 Å². The molecule has 0 radical (unpaired) electrons. The predicted molar refractivity (Wildman–Crippen MR) is 104 cm³/mol. The highest BCUT2D eigenvalue weighted by atomic mass is 79.9. The van der Waals surface area contributed by atoms with Gasteiger partial charge in [0.2, 0.25) is 0 Å². The van der Waals surface area contributed by atoms with Gasteiger partial charge in [-0.3, -0.25) is 9.59 Å². The lowest BCUT2D eigenvalue weighted by Crippen LogP contribution is -2.45. The van der Waals surface area contributed by atoms with Crippen LogP contribution in [0.3, 0.4) is 0 Å². The van der Waals surface area contributed by atoms with Gasteiger partial charge in [0.1, 0.15) is 17.2 Å².